The highest BCUT2D eigenvalue weighted by Gasteiger charge is 2.12. The van der Waals surface area contributed by atoms with Crippen LogP contribution in [0.5, 0.6) is 11.5 Å². The van der Waals surface area contributed by atoms with Gasteiger partial charge in [0.2, 0.25) is 0 Å². The molecule has 0 spiro atoms. The number of phenolic OH excluding ortho intramolecular Hbond substituents is 1. The number of carboxylic acid groups (broad SMARTS) is 1. The molecule has 0 heterocycles. The molecule has 0 aliphatic rings. The van der Waals surface area contributed by atoms with Gasteiger partial charge in [-0.05, 0) is 6.07 Å². The summed E-state index contributed by atoms with van der Waals surface area (Å²) < 4.78 is 0. The standard InChI is InChI=1S/C11H11NO4/c12-4-2-1-3-7-5-8(11(15)16)10(14)6-9(7)13/h5-6,13-14H,2,4,12H2,(H,15,16). The Morgan fingerprint density at radius 2 is 2.00 bits per heavy atom. The van der Waals surface area contributed by atoms with Crippen molar-refractivity contribution in [2.75, 3.05) is 6.54 Å². The van der Waals surface area contributed by atoms with Crippen molar-refractivity contribution in [1.29, 1.82) is 0 Å². The Balaban J connectivity index is 3.16. The Kier molecular flexibility index (Phi) is 3.75. The van der Waals surface area contributed by atoms with E-state index < -0.39 is 11.7 Å². The monoisotopic (exact) mass is 221 g/mol. The highest BCUT2D eigenvalue weighted by Crippen LogP contribution is 2.26. The average Bonchev–Trinajstić information content (AvgIpc) is 2.21. The topological polar surface area (TPSA) is 104 Å². The van der Waals surface area contributed by atoms with Crippen molar-refractivity contribution in [3.8, 4) is 23.3 Å². The molecule has 0 bridgehead atoms. The largest absolute Gasteiger partial charge is 0.507 e. The number of carbonyl (C=O) groups is 1. The highest BCUT2D eigenvalue weighted by molar-refractivity contribution is 5.91. The first-order valence-electron chi connectivity index (χ1n) is 4.54. The third kappa shape index (κ3) is 2.65. The number of aromatic carboxylic acids is 1. The van der Waals surface area contributed by atoms with Crippen LogP contribution in [0.3, 0.4) is 0 Å². The van der Waals surface area contributed by atoms with E-state index in [1.807, 2.05) is 0 Å². The number of rotatable bonds is 2. The molecule has 5 N–H and O–H groups in total. The fourth-order valence-corrected chi connectivity index (χ4v) is 1.08. The van der Waals surface area contributed by atoms with Crippen LogP contribution in [-0.4, -0.2) is 27.8 Å². The molecule has 16 heavy (non-hydrogen) atoms. The van der Waals surface area contributed by atoms with E-state index in [4.69, 9.17) is 10.8 Å². The van der Waals surface area contributed by atoms with Gasteiger partial charge in [0.25, 0.3) is 0 Å². The lowest BCUT2D eigenvalue weighted by Crippen LogP contribution is -1.98. The fraction of sp³-hybridized carbons (Fsp3) is 0.182. The minimum atomic E-state index is -1.28. The molecular formula is C11H11NO4. The molecule has 0 aliphatic carbocycles. The second kappa shape index (κ2) is 5.05. The maximum atomic E-state index is 10.7. The number of benzene rings is 1. The molecular weight excluding hydrogens is 210 g/mol. The Hall–Kier alpha value is -2.19. The SMILES string of the molecule is NCCC#Cc1cc(C(=O)O)c(O)cc1O. The molecule has 1 aromatic carbocycles. The predicted molar refractivity (Wildman–Crippen MR) is 57.3 cm³/mol. The number of aromatic hydroxyl groups is 2. The Labute approximate surface area is 92.1 Å². The second-order valence-electron chi connectivity index (χ2n) is 3.03. The molecule has 0 amide bonds. The first-order valence-corrected chi connectivity index (χ1v) is 4.54. The molecule has 5 heteroatoms. The molecule has 0 unspecified atom stereocenters. The van der Waals surface area contributed by atoms with Crippen LogP contribution in [0.15, 0.2) is 12.1 Å². The molecule has 0 saturated heterocycles. The zero-order valence-corrected chi connectivity index (χ0v) is 8.40. The van der Waals surface area contributed by atoms with Crippen LogP contribution in [0.25, 0.3) is 0 Å². The number of hydrogen-bond acceptors (Lipinski definition) is 4. The summed E-state index contributed by atoms with van der Waals surface area (Å²) in [6, 6.07) is 2.08. The van der Waals surface area contributed by atoms with Crippen molar-refractivity contribution in [2.24, 2.45) is 5.73 Å². The molecule has 0 aliphatic heterocycles. The minimum Gasteiger partial charge on any atom is -0.507 e. The maximum absolute atomic E-state index is 10.7. The van der Waals surface area contributed by atoms with E-state index in [1.54, 1.807) is 0 Å². The van der Waals surface area contributed by atoms with Crippen molar-refractivity contribution in [2.45, 2.75) is 6.42 Å². The maximum Gasteiger partial charge on any atom is 0.339 e. The van der Waals surface area contributed by atoms with Gasteiger partial charge in [-0.3, -0.25) is 0 Å². The summed E-state index contributed by atoms with van der Waals surface area (Å²) in [7, 11) is 0. The summed E-state index contributed by atoms with van der Waals surface area (Å²) in [6.45, 7) is 0.387. The molecule has 0 aromatic heterocycles. The van der Waals surface area contributed by atoms with Gasteiger partial charge in [-0.25, -0.2) is 4.79 Å². The zero-order valence-electron chi connectivity index (χ0n) is 8.40. The molecule has 1 aromatic rings. The summed E-state index contributed by atoms with van der Waals surface area (Å²) in [5.41, 5.74) is 5.09. The Morgan fingerprint density at radius 3 is 2.56 bits per heavy atom. The summed E-state index contributed by atoms with van der Waals surface area (Å²) >= 11 is 0. The smallest absolute Gasteiger partial charge is 0.339 e. The second-order valence-corrected chi connectivity index (χ2v) is 3.03. The highest BCUT2D eigenvalue weighted by atomic mass is 16.4. The number of nitrogens with two attached hydrogens (primary N) is 1. The fourth-order valence-electron chi connectivity index (χ4n) is 1.08. The van der Waals surface area contributed by atoms with Crippen molar-refractivity contribution in [3.05, 3.63) is 23.3 Å². The quantitative estimate of drug-likeness (QED) is 0.544. The van der Waals surface area contributed by atoms with Crippen LogP contribution in [0.4, 0.5) is 0 Å². The summed E-state index contributed by atoms with van der Waals surface area (Å²) in [5, 5.41) is 27.4. The molecule has 0 atom stereocenters. The molecule has 0 radical (unpaired) electrons. The van der Waals surface area contributed by atoms with Gasteiger partial charge in [0.15, 0.2) is 0 Å². The van der Waals surface area contributed by atoms with Crippen molar-refractivity contribution >= 4 is 5.97 Å². The average molecular weight is 221 g/mol. The van der Waals surface area contributed by atoms with Crippen LogP contribution < -0.4 is 5.73 Å². The zero-order chi connectivity index (χ0) is 12.1. The summed E-state index contributed by atoms with van der Waals surface area (Å²) in [4.78, 5) is 10.7. The lowest BCUT2D eigenvalue weighted by Gasteiger charge is -2.02. The Bertz CT molecular complexity index is 471. The van der Waals surface area contributed by atoms with Crippen LogP contribution in [-0.2, 0) is 0 Å². The molecule has 0 saturated carbocycles. The van der Waals surface area contributed by atoms with E-state index in [2.05, 4.69) is 11.8 Å². The van der Waals surface area contributed by atoms with E-state index >= 15 is 0 Å². The van der Waals surface area contributed by atoms with Crippen molar-refractivity contribution in [3.63, 3.8) is 0 Å². The Morgan fingerprint density at radius 1 is 1.31 bits per heavy atom. The van der Waals surface area contributed by atoms with Crippen LogP contribution in [0, 0.1) is 11.8 Å². The van der Waals surface area contributed by atoms with Gasteiger partial charge < -0.3 is 21.1 Å². The minimum absolute atomic E-state index is 0.156. The van der Waals surface area contributed by atoms with Gasteiger partial charge in [-0.2, -0.15) is 0 Å². The lowest BCUT2D eigenvalue weighted by atomic mass is 10.1. The van der Waals surface area contributed by atoms with E-state index in [1.165, 1.54) is 0 Å². The van der Waals surface area contributed by atoms with E-state index in [0.717, 1.165) is 12.1 Å². The summed E-state index contributed by atoms with van der Waals surface area (Å²) in [6.07, 6.45) is 0.447. The summed E-state index contributed by atoms with van der Waals surface area (Å²) in [5.74, 6) is 3.22. The van der Waals surface area contributed by atoms with Gasteiger partial charge in [0, 0.05) is 19.0 Å². The molecule has 1 rings (SSSR count). The number of phenols is 2. The van der Waals surface area contributed by atoms with Gasteiger partial charge >= 0.3 is 5.97 Å². The van der Waals surface area contributed by atoms with Crippen LogP contribution in [0.1, 0.15) is 22.3 Å². The van der Waals surface area contributed by atoms with Gasteiger partial charge in [0.1, 0.15) is 17.1 Å². The van der Waals surface area contributed by atoms with Gasteiger partial charge in [0.05, 0.1) is 5.56 Å². The van der Waals surface area contributed by atoms with Crippen molar-refractivity contribution in [1.82, 2.24) is 0 Å². The van der Waals surface area contributed by atoms with E-state index in [9.17, 15) is 15.0 Å². The van der Waals surface area contributed by atoms with Crippen LogP contribution >= 0.6 is 0 Å². The molecule has 0 fully saturated rings. The first kappa shape index (κ1) is 11.9. The van der Waals surface area contributed by atoms with E-state index in [-0.39, 0.29) is 16.9 Å². The van der Waals surface area contributed by atoms with Gasteiger partial charge in [-0.15, -0.1) is 0 Å². The first-order chi connectivity index (χ1) is 7.56. The van der Waals surface area contributed by atoms with E-state index in [0.29, 0.717) is 13.0 Å². The predicted octanol–water partition coefficient (Wildman–Crippen LogP) is 0.496. The number of carboxylic acids is 1. The lowest BCUT2D eigenvalue weighted by molar-refractivity contribution is 0.0693. The third-order valence-electron chi connectivity index (χ3n) is 1.84. The normalized spacial score (nSPS) is 9.31. The van der Waals surface area contributed by atoms with Crippen molar-refractivity contribution < 1.29 is 20.1 Å². The van der Waals surface area contributed by atoms with Crippen LogP contribution in [0.2, 0.25) is 0 Å². The number of hydrogen-bond donors (Lipinski definition) is 4. The van der Waals surface area contributed by atoms with Gasteiger partial charge in [-0.1, -0.05) is 11.8 Å². The molecule has 5 nitrogen and oxygen atoms in total. The third-order valence-corrected chi connectivity index (χ3v) is 1.84. The molecule has 84 valence electrons.